The van der Waals surface area contributed by atoms with Crippen molar-refractivity contribution in [3.63, 3.8) is 0 Å². The Balaban J connectivity index is 1.78. The van der Waals surface area contributed by atoms with Gasteiger partial charge in [-0.15, -0.1) is 18.2 Å². The zero-order valence-corrected chi connectivity index (χ0v) is 11.5. The Hall–Kier alpha value is -0.170. The van der Waals surface area contributed by atoms with Crippen LogP contribution >= 0.6 is 11.8 Å². The molecule has 3 heteroatoms. The molecule has 0 amide bonds. The Labute approximate surface area is 110 Å². The molecule has 1 aliphatic heterocycles. The van der Waals surface area contributed by atoms with Crippen LogP contribution in [-0.2, 0) is 0 Å². The van der Waals surface area contributed by atoms with Crippen molar-refractivity contribution < 1.29 is 0 Å². The summed E-state index contributed by atoms with van der Waals surface area (Å²) in [6.07, 6.45) is 12.1. The summed E-state index contributed by atoms with van der Waals surface area (Å²) in [5, 5.41) is 3.81. The molecule has 0 radical (unpaired) electrons. The highest BCUT2D eigenvalue weighted by Crippen LogP contribution is 2.31. The Morgan fingerprint density at radius 1 is 1.29 bits per heavy atom. The molecule has 0 bridgehead atoms. The topological polar surface area (TPSA) is 15.3 Å². The fraction of sp³-hybridized carbons (Fsp3) is 0.857. The highest BCUT2D eigenvalue weighted by atomic mass is 32.2. The average molecular weight is 252 g/mol. The van der Waals surface area contributed by atoms with Gasteiger partial charge >= 0.3 is 0 Å². The summed E-state index contributed by atoms with van der Waals surface area (Å²) < 4.78 is 0. The molecule has 0 aromatic rings. The normalized spacial score (nSPS) is 24.6. The molecule has 2 fully saturated rings. The average Bonchev–Trinajstić information content (AvgIpc) is 2.68. The monoisotopic (exact) mass is 252 g/mol. The second-order valence-electron chi connectivity index (χ2n) is 5.30. The van der Waals surface area contributed by atoms with Crippen molar-refractivity contribution in [2.75, 3.05) is 37.7 Å². The zero-order valence-electron chi connectivity index (χ0n) is 10.7. The Morgan fingerprint density at radius 3 is 2.88 bits per heavy atom. The van der Waals surface area contributed by atoms with Crippen molar-refractivity contribution >= 4 is 11.8 Å². The van der Waals surface area contributed by atoms with Gasteiger partial charge in [0.2, 0.25) is 0 Å². The smallest absolute Gasteiger partial charge is 0.0545 e. The lowest BCUT2D eigenvalue weighted by Crippen LogP contribution is -2.49. The molecule has 2 rings (SSSR count). The largest absolute Gasteiger partial charge is 0.310 e. The minimum atomic E-state index is 0.452. The van der Waals surface area contributed by atoms with Crippen LogP contribution in [0.4, 0.5) is 0 Å². The summed E-state index contributed by atoms with van der Waals surface area (Å²) >= 11 is 1.89. The van der Waals surface area contributed by atoms with E-state index in [1.54, 1.807) is 0 Å². The first-order chi connectivity index (χ1) is 8.35. The lowest BCUT2D eigenvalue weighted by atomic mass is 9.97. The van der Waals surface area contributed by atoms with Crippen LogP contribution in [0.15, 0.2) is 0 Å². The number of hydrogen-bond acceptors (Lipinski definition) is 3. The third-order valence-corrected chi connectivity index (χ3v) is 4.82. The van der Waals surface area contributed by atoms with Crippen molar-refractivity contribution in [2.45, 2.75) is 37.6 Å². The summed E-state index contributed by atoms with van der Waals surface area (Å²) in [4.78, 5) is 2.65. The summed E-state index contributed by atoms with van der Waals surface area (Å²) in [7, 11) is 0. The highest BCUT2D eigenvalue weighted by molar-refractivity contribution is 7.99. The maximum Gasteiger partial charge on any atom is 0.0545 e. The van der Waals surface area contributed by atoms with E-state index in [2.05, 4.69) is 16.1 Å². The van der Waals surface area contributed by atoms with E-state index >= 15 is 0 Å². The Kier molecular flexibility index (Phi) is 5.21. The third-order valence-electron chi connectivity index (χ3n) is 3.98. The van der Waals surface area contributed by atoms with E-state index in [4.69, 9.17) is 6.42 Å². The van der Waals surface area contributed by atoms with E-state index in [9.17, 15) is 0 Å². The molecule has 2 nitrogen and oxygen atoms in total. The first kappa shape index (κ1) is 13.3. The third kappa shape index (κ3) is 3.91. The second kappa shape index (κ2) is 6.68. The summed E-state index contributed by atoms with van der Waals surface area (Å²) in [6, 6.07) is 0. The van der Waals surface area contributed by atoms with Crippen LogP contribution in [0.3, 0.4) is 0 Å². The molecular weight excluding hydrogens is 228 g/mol. The number of thioether (sulfide) groups is 1. The number of nitrogens with zero attached hydrogens (tertiary/aromatic N) is 1. The molecule has 1 heterocycles. The van der Waals surface area contributed by atoms with Crippen LogP contribution in [0.1, 0.15) is 32.1 Å². The molecular formula is C14H24N2S. The van der Waals surface area contributed by atoms with E-state index < -0.39 is 0 Å². The standard InChI is InChI=1S/C14H24N2S/c1-2-11-17-12-10-16-9-5-8-15-14(13-16)6-3-4-7-14/h1,15H,3-13H2. The molecule has 1 spiro atoms. The van der Waals surface area contributed by atoms with Crippen molar-refractivity contribution in [1.29, 1.82) is 0 Å². The molecule has 2 aliphatic rings. The van der Waals surface area contributed by atoms with E-state index in [0.717, 1.165) is 5.75 Å². The van der Waals surface area contributed by atoms with Gasteiger partial charge < -0.3 is 10.2 Å². The molecule has 17 heavy (non-hydrogen) atoms. The summed E-state index contributed by atoms with van der Waals surface area (Å²) in [5.41, 5.74) is 0.452. The van der Waals surface area contributed by atoms with Crippen molar-refractivity contribution in [3.8, 4) is 12.3 Å². The number of terminal acetylenes is 1. The lowest BCUT2D eigenvalue weighted by molar-refractivity contribution is 0.220. The lowest BCUT2D eigenvalue weighted by Gasteiger charge is -2.33. The van der Waals surface area contributed by atoms with Crippen LogP contribution in [0, 0.1) is 12.3 Å². The van der Waals surface area contributed by atoms with Crippen LogP contribution in [0.25, 0.3) is 0 Å². The van der Waals surface area contributed by atoms with Gasteiger partial charge in [0.25, 0.3) is 0 Å². The van der Waals surface area contributed by atoms with Gasteiger partial charge in [0.15, 0.2) is 0 Å². The molecule has 0 unspecified atom stereocenters. The molecule has 1 saturated carbocycles. The predicted molar refractivity (Wildman–Crippen MR) is 76.4 cm³/mol. The van der Waals surface area contributed by atoms with Gasteiger partial charge in [0, 0.05) is 24.4 Å². The molecule has 1 N–H and O–H groups in total. The number of rotatable bonds is 4. The molecule has 0 aromatic carbocycles. The fourth-order valence-corrected chi connectivity index (χ4v) is 3.77. The predicted octanol–water partition coefficient (Wildman–Crippen LogP) is 1.96. The van der Waals surface area contributed by atoms with Crippen molar-refractivity contribution in [2.24, 2.45) is 0 Å². The van der Waals surface area contributed by atoms with Crippen LogP contribution < -0.4 is 5.32 Å². The van der Waals surface area contributed by atoms with Gasteiger partial charge in [-0.2, -0.15) is 0 Å². The molecule has 96 valence electrons. The first-order valence-corrected chi connectivity index (χ1v) is 7.99. The van der Waals surface area contributed by atoms with Gasteiger partial charge in [-0.1, -0.05) is 18.8 Å². The van der Waals surface area contributed by atoms with Crippen LogP contribution in [-0.4, -0.2) is 48.1 Å². The maximum absolute atomic E-state index is 5.27. The Bertz CT molecular complexity index is 266. The minimum absolute atomic E-state index is 0.452. The van der Waals surface area contributed by atoms with Gasteiger partial charge in [0.05, 0.1) is 5.75 Å². The summed E-state index contributed by atoms with van der Waals surface area (Å²) in [6.45, 7) is 4.92. The van der Waals surface area contributed by atoms with Gasteiger partial charge in [-0.25, -0.2) is 0 Å². The van der Waals surface area contributed by atoms with Crippen molar-refractivity contribution in [1.82, 2.24) is 10.2 Å². The van der Waals surface area contributed by atoms with Gasteiger partial charge in [-0.05, 0) is 32.4 Å². The molecule has 1 aliphatic carbocycles. The SMILES string of the molecule is C#CCSCCN1CCCNC2(CCCC2)C1. The summed E-state index contributed by atoms with van der Waals surface area (Å²) in [5.74, 6) is 4.74. The van der Waals surface area contributed by atoms with Crippen LogP contribution in [0.5, 0.6) is 0 Å². The second-order valence-corrected chi connectivity index (χ2v) is 6.41. The van der Waals surface area contributed by atoms with E-state index in [0.29, 0.717) is 5.54 Å². The quantitative estimate of drug-likeness (QED) is 0.608. The first-order valence-electron chi connectivity index (χ1n) is 6.83. The van der Waals surface area contributed by atoms with Crippen LogP contribution in [0.2, 0.25) is 0 Å². The van der Waals surface area contributed by atoms with Gasteiger partial charge in [0.1, 0.15) is 0 Å². The minimum Gasteiger partial charge on any atom is -0.310 e. The van der Waals surface area contributed by atoms with Crippen molar-refractivity contribution in [3.05, 3.63) is 0 Å². The zero-order chi connectivity index (χ0) is 12.0. The number of nitrogens with one attached hydrogen (secondary N) is 1. The fourth-order valence-electron chi connectivity index (χ4n) is 3.12. The molecule has 1 saturated heterocycles. The highest BCUT2D eigenvalue weighted by Gasteiger charge is 2.35. The van der Waals surface area contributed by atoms with E-state index in [1.165, 1.54) is 64.0 Å². The molecule has 0 aromatic heterocycles. The van der Waals surface area contributed by atoms with E-state index in [1.807, 2.05) is 11.8 Å². The Morgan fingerprint density at radius 2 is 2.12 bits per heavy atom. The van der Waals surface area contributed by atoms with Gasteiger partial charge in [-0.3, -0.25) is 0 Å². The molecule has 0 atom stereocenters. The number of hydrogen-bond donors (Lipinski definition) is 1. The maximum atomic E-state index is 5.27. The van der Waals surface area contributed by atoms with E-state index in [-0.39, 0.29) is 0 Å².